The molecule has 1 heterocycles. The van der Waals surface area contributed by atoms with Gasteiger partial charge < -0.3 is 15.1 Å². The van der Waals surface area contributed by atoms with Crippen molar-refractivity contribution in [1.29, 1.82) is 0 Å². The Morgan fingerprint density at radius 2 is 1.93 bits per heavy atom. The highest BCUT2D eigenvalue weighted by Gasteiger charge is 2.10. The maximum atomic E-state index is 11.9. The molecule has 1 aromatic heterocycles. The highest BCUT2D eigenvalue weighted by molar-refractivity contribution is 7.11. The van der Waals surface area contributed by atoms with Gasteiger partial charge >= 0.3 is 0 Å². The Labute approximate surface area is 165 Å². The highest BCUT2D eigenvalue weighted by Crippen LogP contribution is 2.11. The molecule has 0 bridgehead atoms. The number of carbonyl (C=O) groups is 1. The third-order valence-electron chi connectivity index (χ3n) is 4.09. The summed E-state index contributed by atoms with van der Waals surface area (Å²) in [5, 5.41) is 4.51. The number of likely N-dealkylation sites (N-methyl/N-ethyl adjacent to an activating group) is 2. The van der Waals surface area contributed by atoms with Crippen LogP contribution < -0.4 is 5.32 Å². The third kappa shape index (κ3) is 7.38. The highest BCUT2D eigenvalue weighted by atomic mass is 32.1. The third-order valence-corrected chi connectivity index (χ3v) is 5.07. The molecule has 146 valence electrons. The smallest absolute Gasteiger partial charge is 0.243 e. The van der Waals surface area contributed by atoms with Crippen LogP contribution >= 0.6 is 11.3 Å². The van der Waals surface area contributed by atoms with Gasteiger partial charge in [0.2, 0.25) is 5.91 Å². The number of guanidine groups is 1. The second-order valence-electron chi connectivity index (χ2n) is 6.63. The Hall–Kier alpha value is -2.41. The fraction of sp³-hybridized carbons (Fsp3) is 0.450. The van der Waals surface area contributed by atoms with E-state index in [0.29, 0.717) is 0 Å². The number of amides is 1. The normalized spacial score (nSPS) is 11.3. The van der Waals surface area contributed by atoms with Gasteiger partial charge in [-0.2, -0.15) is 0 Å². The molecule has 0 aliphatic heterocycles. The monoisotopic (exact) mass is 387 g/mol. The lowest BCUT2D eigenvalue weighted by molar-refractivity contribution is -0.127. The first kappa shape index (κ1) is 20.9. The molecule has 0 saturated carbocycles. The molecular formula is C20H29N5OS. The summed E-state index contributed by atoms with van der Waals surface area (Å²) in [5.74, 6) is 0.732. The number of hydrogen-bond acceptors (Lipinski definition) is 4. The number of rotatable bonds is 8. The zero-order valence-electron chi connectivity index (χ0n) is 16.6. The van der Waals surface area contributed by atoms with Gasteiger partial charge in [0.25, 0.3) is 0 Å². The largest absolute Gasteiger partial charge is 0.356 e. The second kappa shape index (κ2) is 10.7. The van der Waals surface area contributed by atoms with Crippen LogP contribution in [0.15, 0.2) is 41.5 Å². The number of nitrogens with zero attached hydrogens (tertiary/aromatic N) is 4. The Morgan fingerprint density at radius 1 is 1.19 bits per heavy atom. The number of carbonyl (C=O) groups excluding carboxylic acids is 1. The van der Waals surface area contributed by atoms with Gasteiger partial charge in [-0.1, -0.05) is 30.3 Å². The summed E-state index contributed by atoms with van der Waals surface area (Å²) < 4.78 is 0. The van der Waals surface area contributed by atoms with Crippen molar-refractivity contribution < 1.29 is 4.79 Å². The molecule has 7 heteroatoms. The standard InChI is InChI=1S/C20H29N5OS/c1-16-14-22-18(27-16)11-13-25(4)20(23-15-19(26)24(2)3)21-12-10-17-8-6-5-7-9-17/h5-9,14H,10-13,15H2,1-4H3,(H,21,23). The first-order valence-corrected chi connectivity index (χ1v) is 9.92. The summed E-state index contributed by atoms with van der Waals surface area (Å²) in [6, 6.07) is 10.3. The van der Waals surface area contributed by atoms with Gasteiger partial charge in [-0.05, 0) is 18.9 Å². The summed E-state index contributed by atoms with van der Waals surface area (Å²) in [7, 11) is 5.48. The van der Waals surface area contributed by atoms with Gasteiger partial charge in [-0.25, -0.2) is 9.98 Å². The lowest BCUT2D eigenvalue weighted by atomic mass is 10.1. The molecule has 1 N–H and O–H groups in total. The van der Waals surface area contributed by atoms with Gasteiger partial charge in [0.05, 0.1) is 5.01 Å². The van der Waals surface area contributed by atoms with Crippen molar-refractivity contribution in [3.63, 3.8) is 0 Å². The van der Waals surface area contributed by atoms with Crippen molar-refractivity contribution in [2.75, 3.05) is 40.8 Å². The number of hydrogen-bond donors (Lipinski definition) is 1. The van der Waals surface area contributed by atoms with Gasteiger partial charge in [0.15, 0.2) is 5.96 Å². The molecule has 1 amide bonds. The Balaban J connectivity index is 1.94. The summed E-state index contributed by atoms with van der Waals surface area (Å²) in [4.78, 5) is 25.7. The minimum absolute atomic E-state index is 0.0127. The van der Waals surface area contributed by atoms with Crippen LogP contribution in [0.5, 0.6) is 0 Å². The molecule has 2 rings (SSSR count). The number of nitrogens with one attached hydrogen (secondary N) is 1. The van der Waals surface area contributed by atoms with Crippen molar-refractivity contribution in [2.24, 2.45) is 4.99 Å². The van der Waals surface area contributed by atoms with Crippen LogP contribution in [0.4, 0.5) is 0 Å². The molecule has 6 nitrogen and oxygen atoms in total. The molecular weight excluding hydrogens is 358 g/mol. The predicted molar refractivity (Wildman–Crippen MR) is 112 cm³/mol. The topological polar surface area (TPSA) is 60.8 Å². The second-order valence-corrected chi connectivity index (χ2v) is 7.95. The SMILES string of the molecule is Cc1cnc(CCN(C)C(=NCC(=O)N(C)C)NCCc2ccccc2)s1. The van der Waals surface area contributed by atoms with Gasteiger partial charge in [-0.15, -0.1) is 11.3 Å². The Kier molecular flexibility index (Phi) is 8.26. The van der Waals surface area contributed by atoms with E-state index in [9.17, 15) is 4.79 Å². The first-order chi connectivity index (χ1) is 13.0. The number of aromatic nitrogens is 1. The molecule has 0 fully saturated rings. The van der Waals surface area contributed by atoms with E-state index in [1.54, 1.807) is 30.3 Å². The van der Waals surface area contributed by atoms with Crippen LogP contribution in [-0.2, 0) is 17.6 Å². The molecule has 1 aromatic carbocycles. The predicted octanol–water partition coefficient (Wildman–Crippen LogP) is 2.20. The fourth-order valence-corrected chi connectivity index (χ4v) is 3.22. The molecule has 0 aliphatic carbocycles. The molecule has 0 saturated heterocycles. The maximum Gasteiger partial charge on any atom is 0.243 e. The van der Waals surface area contributed by atoms with E-state index in [1.165, 1.54) is 10.4 Å². The average molecular weight is 388 g/mol. The molecule has 0 aliphatic rings. The Morgan fingerprint density at radius 3 is 2.56 bits per heavy atom. The van der Waals surface area contributed by atoms with E-state index in [0.717, 1.165) is 36.9 Å². The van der Waals surface area contributed by atoms with Crippen LogP contribution in [-0.4, -0.2) is 67.4 Å². The van der Waals surface area contributed by atoms with Crippen LogP contribution in [0.2, 0.25) is 0 Å². The summed E-state index contributed by atoms with van der Waals surface area (Å²) in [6.07, 6.45) is 3.67. The van der Waals surface area contributed by atoms with Crippen molar-refractivity contribution in [2.45, 2.75) is 19.8 Å². The molecule has 0 spiro atoms. The maximum absolute atomic E-state index is 11.9. The summed E-state index contributed by atoms with van der Waals surface area (Å²) in [5.41, 5.74) is 1.27. The fourth-order valence-electron chi connectivity index (χ4n) is 2.45. The number of aliphatic imine (C=N–C) groups is 1. The zero-order valence-corrected chi connectivity index (χ0v) is 17.4. The number of aryl methyl sites for hydroxylation is 1. The van der Waals surface area contributed by atoms with Crippen LogP contribution in [0.3, 0.4) is 0 Å². The first-order valence-electron chi connectivity index (χ1n) is 9.10. The van der Waals surface area contributed by atoms with E-state index in [2.05, 4.69) is 39.2 Å². The van der Waals surface area contributed by atoms with E-state index in [-0.39, 0.29) is 12.5 Å². The van der Waals surface area contributed by atoms with Gasteiger partial charge in [-0.3, -0.25) is 4.79 Å². The number of thiazole rings is 1. The molecule has 0 unspecified atom stereocenters. The summed E-state index contributed by atoms with van der Waals surface area (Å²) in [6.45, 7) is 3.76. The van der Waals surface area contributed by atoms with Crippen molar-refractivity contribution in [3.05, 3.63) is 52.0 Å². The average Bonchev–Trinajstić information content (AvgIpc) is 3.08. The lowest BCUT2D eigenvalue weighted by Gasteiger charge is -2.22. The van der Waals surface area contributed by atoms with Crippen LogP contribution in [0.25, 0.3) is 0 Å². The summed E-state index contributed by atoms with van der Waals surface area (Å²) >= 11 is 1.72. The zero-order chi connectivity index (χ0) is 19.6. The van der Waals surface area contributed by atoms with Crippen molar-refractivity contribution in [3.8, 4) is 0 Å². The molecule has 0 atom stereocenters. The van der Waals surface area contributed by atoms with Crippen molar-refractivity contribution in [1.82, 2.24) is 20.1 Å². The Bertz CT molecular complexity index is 742. The quantitative estimate of drug-likeness (QED) is 0.557. The number of benzene rings is 1. The van der Waals surface area contributed by atoms with E-state index in [4.69, 9.17) is 0 Å². The minimum Gasteiger partial charge on any atom is -0.356 e. The minimum atomic E-state index is -0.0127. The lowest BCUT2D eigenvalue weighted by Crippen LogP contribution is -2.41. The molecule has 27 heavy (non-hydrogen) atoms. The van der Waals surface area contributed by atoms with Crippen molar-refractivity contribution >= 4 is 23.2 Å². The van der Waals surface area contributed by atoms with E-state index >= 15 is 0 Å². The van der Waals surface area contributed by atoms with E-state index < -0.39 is 0 Å². The molecule has 2 aromatic rings. The van der Waals surface area contributed by atoms with Gasteiger partial charge in [0.1, 0.15) is 6.54 Å². The van der Waals surface area contributed by atoms with Crippen LogP contribution in [0, 0.1) is 6.92 Å². The van der Waals surface area contributed by atoms with Crippen LogP contribution in [0.1, 0.15) is 15.4 Å². The van der Waals surface area contributed by atoms with E-state index in [1.807, 2.05) is 31.4 Å². The molecule has 0 radical (unpaired) electrons. The van der Waals surface area contributed by atoms with Gasteiger partial charge in [0, 0.05) is 51.7 Å².